The van der Waals surface area contributed by atoms with E-state index in [-0.39, 0.29) is 32.3 Å². The van der Waals surface area contributed by atoms with Gasteiger partial charge in [-0.2, -0.15) is 13.2 Å². The maximum absolute atomic E-state index is 12.5. The predicted octanol–water partition coefficient (Wildman–Crippen LogP) is 2.67. The van der Waals surface area contributed by atoms with Gasteiger partial charge in [0.05, 0.1) is 12.5 Å². The fraction of sp³-hybridized carbons (Fsp3) is 0.917. The average Bonchev–Trinajstić information content (AvgIpc) is 2.28. The molecule has 0 aromatic heterocycles. The first-order valence-electron chi connectivity index (χ1n) is 6.15. The van der Waals surface area contributed by atoms with E-state index in [9.17, 15) is 23.1 Å². The molecule has 106 valence electrons. The molecule has 1 aliphatic rings. The second kappa shape index (κ2) is 5.47. The maximum atomic E-state index is 12.5. The van der Waals surface area contributed by atoms with Gasteiger partial charge in [-0.25, -0.2) is 4.79 Å². The van der Waals surface area contributed by atoms with Crippen LogP contribution in [-0.2, 0) is 9.53 Å². The summed E-state index contributed by atoms with van der Waals surface area (Å²) in [5, 5.41) is 10.1. The monoisotopic (exact) mass is 268 g/mol. The lowest BCUT2D eigenvalue weighted by molar-refractivity contribution is -0.192. The van der Waals surface area contributed by atoms with Crippen molar-refractivity contribution in [1.82, 2.24) is 0 Å². The van der Waals surface area contributed by atoms with Crippen molar-refractivity contribution < 1.29 is 27.8 Å². The highest BCUT2D eigenvalue weighted by molar-refractivity contribution is 5.79. The molecule has 1 aliphatic carbocycles. The molecule has 18 heavy (non-hydrogen) atoms. The normalized spacial score (nSPS) is 28.6. The molecule has 0 aromatic rings. The lowest BCUT2D eigenvalue weighted by atomic mass is 9.74. The van der Waals surface area contributed by atoms with Crippen LogP contribution in [0, 0.1) is 11.8 Å². The second-order valence-electron chi connectivity index (χ2n) is 4.96. The van der Waals surface area contributed by atoms with E-state index in [0.29, 0.717) is 0 Å². The van der Waals surface area contributed by atoms with Crippen molar-refractivity contribution in [2.24, 2.45) is 11.8 Å². The number of rotatable bonds is 3. The molecule has 1 N–H and O–H groups in total. The molecule has 0 heterocycles. The highest BCUT2D eigenvalue weighted by Crippen LogP contribution is 2.42. The molecule has 1 atom stereocenters. The molecule has 0 aromatic carbocycles. The largest absolute Gasteiger partial charge is 0.464 e. The Balaban J connectivity index is 2.59. The maximum Gasteiger partial charge on any atom is 0.391 e. The molecule has 0 bridgehead atoms. The number of hydrogen-bond acceptors (Lipinski definition) is 3. The van der Waals surface area contributed by atoms with E-state index in [1.165, 1.54) is 6.92 Å². The van der Waals surface area contributed by atoms with Gasteiger partial charge in [-0.15, -0.1) is 0 Å². The number of hydrogen-bond donors (Lipinski definition) is 1. The van der Waals surface area contributed by atoms with Gasteiger partial charge in [0.25, 0.3) is 0 Å². The first-order valence-corrected chi connectivity index (χ1v) is 6.15. The Morgan fingerprint density at radius 2 is 1.67 bits per heavy atom. The SMILES string of the molecule is CCOC(=O)C(C)(O)C1CCC(C(F)(F)F)CC1. The van der Waals surface area contributed by atoms with Crippen LogP contribution >= 0.6 is 0 Å². The number of halogens is 3. The van der Waals surface area contributed by atoms with E-state index in [4.69, 9.17) is 4.74 Å². The van der Waals surface area contributed by atoms with Crippen LogP contribution in [0.1, 0.15) is 39.5 Å². The summed E-state index contributed by atoms with van der Waals surface area (Å²) in [6.07, 6.45) is -3.87. The molecule has 0 spiro atoms. The van der Waals surface area contributed by atoms with E-state index in [0.717, 1.165) is 0 Å². The van der Waals surface area contributed by atoms with Gasteiger partial charge >= 0.3 is 12.1 Å². The van der Waals surface area contributed by atoms with Crippen LogP contribution < -0.4 is 0 Å². The first kappa shape index (κ1) is 15.3. The zero-order valence-electron chi connectivity index (χ0n) is 10.6. The molecular formula is C12H19F3O3. The number of aliphatic hydroxyl groups is 1. The van der Waals surface area contributed by atoms with Crippen LogP contribution in [0.3, 0.4) is 0 Å². The van der Waals surface area contributed by atoms with Crippen LogP contribution in [0.15, 0.2) is 0 Å². The zero-order valence-corrected chi connectivity index (χ0v) is 10.6. The molecule has 3 nitrogen and oxygen atoms in total. The van der Waals surface area contributed by atoms with Crippen LogP contribution in [0.25, 0.3) is 0 Å². The lowest BCUT2D eigenvalue weighted by Crippen LogP contribution is -2.46. The molecule has 1 fully saturated rings. The van der Waals surface area contributed by atoms with Crippen molar-refractivity contribution in [3.63, 3.8) is 0 Å². The van der Waals surface area contributed by atoms with Crippen LogP contribution in [-0.4, -0.2) is 29.5 Å². The van der Waals surface area contributed by atoms with Crippen molar-refractivity contribution in [2.45, 2.75) is 51.3 Å². The smallest absolute Gasteiger partial charge is 0.391 e. The van der Waals surface area contributed by atoms with Gasteiger partial charge in [0.1, 0.15) is 0 Å². The summed E-state index contributed by atoms with van der Waals surface area (Å²) in [6.45, 7) is 3.09. The third-order valence-corrected chi connectivity index (χ3v) is 3.67. The van der Waals surface area contributed by atoms with E-state index < -0.39 is 29.6 Å². The average molecular weight is 268 g/mol. The minimum Gasteiger partial charge on any atom is -0.464 e. The van der Waals surface area contributed by atoms with Gasteiger partial charge in [0.15, 0.2) is 5.60 Å². The number of carbonyl (C=O) groups excluding carboxylic acids is 1. The van der Waals surface area contributed by atoms with Crippen LogP contribution in [0.2, 0.25) is 0 Å². The summed E-state index contributed by atoms with van der Waals surface area (Å²) in [7, 11) is 0. The third-order valence-electron chi connectivity index (χ3n) is 3.67. The summed E-state index contributed by atoms with van der Waals surface area (Å²) >= 11 is 0. The summed E-state index contributed by atoms with van der Waals surface area (Å²) in [5.41, 5.74) is -1.69. The van der Waals surface area contributed by atoms with E-state index in [1.807, 2.05) is 0 Å². The summed E-state index contributed by atoms with van der Waals surface area (Å²) in [4.78, 5) is 11.5. The Hall–Kier alpha value is -0.780. The lowest BCUT2D eigenvalue weighted by Gasteiger charge is -2.36. The van der Waals surface area contributed by atoms with Crippen molar-refractivity contribution >= 4 is 5.97 Å². The van der Waals surface area contributed by atoms with Gasteiger partial charge in [-0.05, 0) is 45.4 Å². The fourth-order valence-corrected chi connectivity index (χ4v) is 2.43. The highest BCUT2D eigenvalue weighted by Gasteiger charge is 2.47. The Morgan fingerprint density at radius 3 is 2.06 bits per heavy atom. The molecule has 0 radical (unpaired) electrons. The minimum absolute atomic E-state index is 0.0380. The zero-order chi connectivity index (χ0) is 14.0. The van der Waals surface area contributed by atoms with Gasteiger partial charge in [0, 0.05) is 0 Å². The molecule has 1 unspecified atom stereocenters. The van der Waals surface area contributed by atoms with Crippen molar-refractivity contribution in [3.8, 4) is 0 Å². The van der Waals surface area contributed by atoms with Gasteiger partial charge < -0.3 is 9.84 Å². The van der Waals surface area contributed by atoms with E-state index >= 15 is 0 Å². The summed E-state index contributed by atoms with van der Waals surface area (Å²) in [5.74, 6) is -2.53. The predicted molar refractivity (Wildman–Crippen MR) is 58.8 cm³/mol. The quantitative estimate of drug-likeness (QED) is 0.800. The Bertz CT molecular complexity index is 291. The molecule has 1 rings (SSSR count). The summed E-state index contributed by atoms with van der Waals surface area (Å²) < 4.78 is 42.2. The molecule has 0 amide bonds. The fourth-order valence-electron chi connectivity index (χ4n) is 2.43. The van der Waals surface area contributed by atoms with E-state index in [1.54, 1.807) is 6.92 Å². The Labute approximate surface area is 104 Å². The molecule has 0 aliphatic heterocycles. The topological polar surface area (TPSA) is 46.5 Å². The van der Waals surface area contributed by atoms with Crippen molar-refractivity contribution in [1.29, 1.82) is 0 Å². The van der Waals surface area contributed by atoms with E-state index in [2.05, 4.69) is 0 Å². The molecule has 6 heteroatoms. The second-order valence-corrected chi connectivity index (χ2v) is 4.96. The number of carbonyl (C=O) groups is 1. The minimum atomic E-state index is -4.18. The van der Waals surface area contributed by atoms with Gasteiger partial charge in [-0.3, -0.25) is 0 Å². The van der Waals surface area contributed by atoms with Gasteiger partial charge in [-0.1, -0.05) is 0 Å². The highest BCUT2D eigenvalue weighted by atomic mass is 19.4. The van der Waals surface area contributed by atoms with Crippen molar-refractivity contribution in [3.05, 3.63) is 0 Å². The van der Waals surface area contributed by atoms with Crippen molar-refractivity contribution in [2.75, 3.05) is 6.61 Å². The first-order chi connectivity index (χ1) is 8.19. The molecule has 0 saturated heterocycles. The number of ether oxygens (including phenoxy) is 1. The number of alkyl halides is 3. The molecular weight excluding hydrogens is 249 g/mol. The van der Waals surface area contributed by atoms with Gasteiger partial charge in [0.2, 0.25) is 0 Å². The Kier molecular flexibility index (Phi) is 4.64. The van der Waals surface area contributed by atoms with Crippen LogP contribution in [0.4, 0.5) is 13.2 Å². The molecule has 1 saturated carbocycles. The number of esters is 1. The third kappa shape index (κ3) is 3.37. The Morgan fingerprint density at radius 1 is 1.22 bits per heavy atom. The standard InChI is InChI=1S/C12H19F3O3/c1-3-18-10(16)11(2,17)8-4-6-9(7-5-8)12(13,14)15/h8-9,17H,3-7H2,1-2H3. The summed E-state index contributed by atoms with van der Waals surface area (Å²) in [6, 6.07) is 0. The van der Waals surface area contributed by atoms with Crippen LogP contribution in [0.5, 0.6) is 0 Å².